The smallest absolute Gasteiger partial charge is 0.328 e. The normalized spacial score (nSPS) is 10.8. The lowest BCUT2D eigenvalue weighted by Gasteiger charge is -2.13. The number of hydrogen-bond donors (Lipinski definition) is 1. The predicted octanol–water partition coefficient (Wildman–Crippen LogP) is 4.55. The molecule has 2 aromatic rings. The van der Waals surface area contributed by atoms with E-state index in [-0.39, 0.29) is 17.2 Å². The van der Waals surface area contributed by atoms with Gasteiger partial charge in [-0.1, -0.05) is 23.7 Å². The van der Waals surface area contributed by atoms with Crippen LogP contribution in [0.15, 0.2) is 42.5 Å². The van der Waals surface area contributed by atoms with Crippen molar-refractivity contribution in [3.05, 3.63) is 64.4 Å². The van der Waals surface area contributed by atoms with E-state index in [0.29, 0.717) is 23.7 Å². The standard InChI is InChI=1S/C18H16ClFO4/c1-2-23-17-10-12(7-9-18(21)22)6-8-16(17)24-11-13-14(19)4-3-5-15(13)20/h3-10H,2,11H2,1H3,(H,21,22). The van der Waals surface area contributed by atoms with Gasteiger partial charge in [0.1, 0.15) is 12.4 Å². The molecular formula is C18H16ClFO4. The van der Waals surface area contributed by atoms with E-state index < -0.39 is 11.8 Å². The molecule has 0 aromatic heterocycles. The monoisotopic (exact) mass is 350 g/mol. The number of carboxylic acids is 1. The molecule has 2 aromatic carbocycles. The molecule has 6 heteroatoms. The van der Waals surface area contributed by atoms with Crippen molar-refractivity contribution in [2.75, 3.05) is 6.61 Å². The Morgan fingerprint density at radius 2 is 2.04 bits per heavy atom. The molecule has 1 N–H and O–H groups in total. The molecule has 0 bridgehead atoms. The van der Waals surface area contributed by atoms with E-state index in [1.807, 2.05) is 6.92 Å². The number of halogens is 2. The van der Waals surface area contributed by atoms with Crippen molar-refractivity contribution >= 4 is 23.6 Å². The summed E-state index contributed by atoms with van der Waals surface area (Å²) in [7, 11) is 0. The van der Waals surface area contributed by atoms with E-state index in [1.54, 1.807) is 24.3 Å². The maximum atomic E-state index is 13.8. The lowest BCUT2D eigenvalue weighted by Crippen LogP contribution is -2.02. The zero-order chi connectivity index (χ0) is 17.5. The van der Waals surface area contributed by atoms with E-state index in [1.165, 1.54) is 18.2 Å². The highest BCUT2D eigenvalue weighted by Gasteiger charge is 2.11. The van der Waals surface area contributed by atoms with Gasteiger partial charge in [0.2, 0.25) is 0 Å². The lowest BCUT2D eigenvalue weighted by atomic mass is 10.2. The van der Waals surface area contributed by atoms with Crippen molar-refractivity contribution in [2.24, 2.45) is 0 Å². The van der Waals surface area contributed by atoms with Crippen LogP contribution < -0.4 is 9.47 Å². The van der Waals surface area contributed by atoms with Crippen LogP contribution in [0.2, 0.25) is 5.02 Å². The molecule has 0 saturated heterocycles. The molecule has 0 unspecified atom stereocenters. The summed E-state index contributed by atoms with van der Waals surface area (Å²) in [5.74, 6) is -0.620. The third-order valence-electron chi connectivity index (χ3n) is 3.12. The average Bonchev–Trinajstić information content (AvgIpc) is 2.54. The molecule has 0 saturated carbocycles. The van der Waals surface area contributed by atoms with Gasteiger partial charge < -0.3 is 14.6 Å². The van der Waals surface area contributed by atoms with Crippen LogP contribution in [0, 0.1) is 5.82 Å². The molecule has 0 fully saturated rings. The van der Waals surface area contributed by atoms with Crippen LogP contribution in [0.4, 0.5) is 4.39 Å². The highest BCUT2D eigenvalue weighted by Crippen LogP contribution is 2.31. The molecule has 126 valence electrons. The van der Waals surface area contributed by atoms with Gasteiger partial charge >= 0.3 is 5.97 Å². The minimum absolute atomic E-state index is 0.0457. The van der Waals surface area contributed by atoms with Crippen LogP contribution in [0.1, 0.15) is 18.1 Å². The molecule has 0 heterocycles. The second kappa shape index (κ2) is 8.36. The van der Waals surface area contributed by atoms with E-state index in [4.69, 9.17) is 26.2 Å². The second-order valence-corrected chi connectivity index (χ2v) is 5.21. The Bertz CT molecular complexity index is 738. The zero-order valence-corrected chi connectivity index (χ0v) is 13.7. The van der Waals surface area contributed by atoms with Crippen LogP contribution in [-0.4, -0.2) is 17.7 Å². The summed E-state index contributed by atoms with van der Waals surface area (Å²) in [6.45, 7) is 2.18. The third-order valence-corrected chi connectivity index (χ3v) is 3.47. The average molecular weight is 351 g/mol. The molecule has 0 atom stereocenters. The van der Waals surface area contributed by atoms with Crippen molar-refractivity contribution < 1.29 is 23.8 Å². The van der Waals surface area contributed by atoms with Gasteiger partial charge in [-0.05, 0) is 42.8 Å². The predicted molar refractivity (Wildman–Crippen MR) is 90.0 cm³/mol. The molecule has 4 nitrogen and oxygen atoms in total. The number of ether oxygens (including phenoxy) is 2. The Balaban J connectivity index is 2.21. The number of hydrogen-bond acceptors (Lipinski definition) is 3. The molecule has 0 spiro atoms. The van der Waals surface area contributed by atoms with Crippen LogP contribution in [0.25, 0.3) is 6.08 Å². The summed E-state index contributed by atoms with van der Waals surface area (Å²) >= 11 is 5.98. The summed E-state index contributed by atoms with van der Waals surface area (Å²) in [5, 5.41) is 8.96. The fraction of sp³-hybridized carbons (Fsp3) is 0.167. The number of carboxylic acid groups (broad SMARTS) is 1. The fourth-order valence-corrected chi connectivity index (χ4v) is 2.22. The first-order chi connectivity index (χ1) is 11.5. The number of benzene rings is 2. The van der Waals surface area contributed by atoms with Gasteiger partial charge in [-0.2, -0.15) is 0 Å². The van der Waals surface area contributed by atoms with Gasteiger partial charge in [-0.25, -0.2) is 9.18 Å². The summed E-state index contributed by atoms with van der Waals surface area (Å²) < 4.78 is 24.9. The summed E-state index contributed by atoms with van der Waals surface area (Å²) in [4.78, 5) is 10.6. The topological polar surface area (TPSA) is 55.8 Å². The van der Waals surface area contributed by atoms with Crippen molar-refractivity contribution in [3.8, 4) is 11.5 Å². The van der Waals surface area contributed by atoms with Gasteiger partial charge in [-0.15, -0.1) is 0 Å². The minimum Gasteiger partial charge on any atom is -0.490 e. The van der Waals surface area contributed by atoms with Gasteiger partial charge in [0, 0.05) is 11.6 Å². The van der Waals surface area contributed by atoms with Crippen molar-refractivity contribution in [3.63, 3.8) is 0 Å². The Kier molecular flexibility index (Phi) is 6.21. The van der Waals surface area contributed by atoms with Crippen molar-refractivity contribution in [1.82, 2.24) is 0 Å². The first kappa shape index (κ1) is 17.8. The van der Waals surface area contributed by atoms with Crippen molar-refractivity contribution in [2.45, 2.75) is 13.5 Å². The lowest BCUT2D eigenvalue weighted by molar-refractivity contribution is -0.131. The quantitative estimate of drug-likeness (QED) is 0.744. The fourth-order valence-electron chi connectivity index (χ4n) is 2.00. The van der Waals surface area contributed by atoms with Gasteiger partial charge in [0.05, 0.1) is 11.6 Å². The SMILES string of the molecule is CCOc1cc(C=CC(=O)O)ccc1OCc1c(F)cccc1Cl. The molecule has 0 aliphatic carbocycles. The maximum absolute atomic E-state index is 13.8. The van der Waals surface area contributed by atoms with Crippen LogP contribution in [0.5, 0.6) is 11.5 Å². The van der Waals surface area contributed by atoms with E-state index in [9.17, 15) is 9.18 Å². The number of carbonyl (C=O) groups is 1. The Morgan fingerprint density at radius 1 is 1.25 bits per heavy atom. The Morgan fingerprint density at radius 3 is 2.71 bits per heavy atom. The van der Waals surface area contributed by atoms with E-state index in [0.717, 1.165) is 6.08 Å². The largest absolute Gasteiger partial charge is 0.490 e. The molecule has 2 rings (SSSR count). The Labute approximate surface area is 144 Å². The molecular weight excluding hydrogens is 335 g/mol. The number of rotatable bonds is 7. The molecule has 0 aliphatic heterocycles. The van der Waals surface area contributed by atoms with Gasteiger partial charge in [0.15, 0.2) is 11.5 Å². The van der Waals surface area contributed by atoms with E-state index >= 15 is 0 Å². The molecule has 0 aliphatic rings. The second-order valence-electron chi connectivity index (χ2n) is 4.80. The molecule has 24 heavy (non-hydrogen) atoms. The zero-order valence-electron chi connectivity index (χ0n) is 13.0. The van der Waals surface area contributed by atoms with Crippen LogP contribution in [-0.2, 0) is 11.4 Å². The van der Waals surface area contributed by atoms with E-state index in [2.05, 4.69) is 0 Å². The first-order valence-electron chi connectivity index (χ1n) is 7.24. The van der Waals surface area contributed by atoms with Crippen molar-refractivity contribution in [1.29, 1.82) is 0 Å². The molecule has 0 radical (unpaired) electrons. The highest BCUT2D eigenvalue weighted by atomic mass is 35.5. The number of aliphatic carboxylic acids is 1. The van der Waals surface area contributed by atoms with Crippen LogP contribution >= 0.6 is 11.6 Å². The first-order valence-corrected chi connectivity index (χ1v) is 7.62. The summed E-state index contributed by atoms with van der Waals surface area (Å²) in [6.07, 6.45) is 2.48. The third kappa shape index (κ3) is 4.73. The summed E-state index contributed by atoms with van der Waals surface area (Å²) in [6, 6.07) is 9.40. The molecule has 0 amide bonds. The maximum Gasteiger partial charge on any atom is 0.328 e. The van der Waals surface area contributed by atoms with Gasteiger partial charge in [0.25, 0.3) is 0 Å². The van der Waals surface area contributed by atoms with Crippen LogP contribution in [0.3, 0.4) is 0 Å². The minimum atomic E-state index is -1.04. The highest BCUT2D eigenvalue weighted by molar-refractivity contribution is 6.31. The summed E-state index contributed by atoms with van der Waals surface area (Å²) in [5.41, 5.74) is 0.911. The Hall–Kier alpha value is -2.53. The van der Waals surface area contributed by atoms with Gasteiger partial charge in [-0.3, -0.25) is 0 Å².